The highest BCUT2D eigenvalue weighted by molar-refractivity contribution is 5.94. The molecule has 1 fully saturated rings. The SMILES string of the molecule is O=C(Nc1ccc(Oc2ccc3c(c2)CCC(c2cccc(F)c2)O3)nc1)[C@@H]1CCCN1. The van der Waals surface area contributed by atoms with Crippen LogP contribution in [0.2, 0.25) is 0 Å². The molecule has 0 spiro atoms. The highest BCUT2D eigenvalue weighted by atomic mass is 19.1. The van der Waals surface area contributed by atoms with Gasteiger partial charge in [-0.15, -0.1) is 0 Å². The fraction of sp³-hybridized carbons (Fsp3) is 0.280. The minimum absolute atomic E-state index is 0.0378. The molecule has 0 radical (unpaired) electrons. The molecule has 1 saturated heterocycles. The van der Waals surface area contributed by atoms with Crippen LogP contribution in [0.1, 0.15) is 36.5 Å². The maximum Gasteiger partial charge on any atom is 0.241 e. The van der Waals surface area contributed by atoms with Gasteiger partial charge in [0.25, 0.3) is 0 Å². The molecule has 1 aromatic heterocycles. The lowest BCUT2D eigenvalue weighted by Crippen LogP contribution is -2.35. The van der Waals surface area contributed by atoms with Gasteiger partial charge >= 0.3 is 0 Å². The van der Waals surface area contributed by atoms with E-state index in [9.17, 15) is 9.18 Å². The summed E-state index contributed by atoms with van der Waals surface area (Å²) in [5, 5.41) is 6.05. The maximum atomic E-state index is 13.5. The van der Waals surface area contributed by atoms with Crippen LogP contribution in [0.15, 0.2) is 60.8 Å². The summed E-state index contributed by atoms with van der Waals surface area (Å²) in [6.07, 6.45) is 4.87. The van der Waals surface area contributed by atoms with Gasteiger partial charge in [0, 0.05) is 6.07 Å². The number of hydrogen-bond acceptors (Lipinski definition) is 5. The summed E-state index contributed by atoms with van der Waals surface area (Å²) in [4.78, 5) is 16.5. The molecule has 3 aromatic rings. The number of carbonyl (C=O) groups is 1. The van der Waals surface area contributed by atoms with E-state index in [0.29, 0.717) is 17.3 Å². The second kappa shape index (κ2) is 8.96. The zero-order chi connectivity index (χ0) is 21.9. The molecule has 5 rings (SSSR count). The van der Waals surface area contributed by atoms with E-state index in [1.54, 1.807) is 24.4 Å². The summed E-state index contributed by atoms with van der Waals surface area (Å²) in [5.74, 6) is 1.59. The van der Waals surface area contributed by atoms with E-state index < -0.39 is 0 Å². The van der Waals surface area contributed by atoms with Crippen molar-refractivity contribution >= 4 is 11.6 Å². The molecular weight excluding hydrogens is 409 g/mol. The first kappa shape index (κ1) is 20.5. The highest BCUT2D eigenvalue weighted by Gasteiger charge is 2.23. The number of nitrogens with zero attached hydrogens (tertiary/aromatic N) is 1. The second-order valence-electron chi connectivity index (χ2n) is 8.10. The third kappa shape index (κ3) is 4.57. The van der Waals surface area contributed by atoms with Crippen molar-refractivity contribution < 1.29 is 18.7 Å². The van der Waals surface area contributed by atoms with E-state index in [-0.39, 0.29) is 23.9 Å². The first-order valence-corrected chi connectivity index (χ1v) is 10.9. The Hall–Kier alpha value is -3.45. The summed E-state index contributed by atoms with van der Waals surface area (Å²) in [7, 11) is 0. The van der Waals surface area contributed by atoms with Crippen LogP contribution in [0.4, 0.5) is 10.1 Å². The molecule has 164 valence electrons. The number of carbonyl (C=O) groups excluding carboxylic acids is 1. The number of amides is 1. The van der Waals surface area contributed by atoms with Crippen molar-refractivity contribution in [3.8, 4) is 17.4 Å². The van der Waals surface area contributed by atoms with Crippen molar-refractivity contribution in [3.63, 3.8) is 0 Å². The maximum absolute atomic E-state index is 13.5. The number of nitrogens with one attached hydrogen (secondary N) is 2. The fourth-order valence-corrected chi connectivity index (χ4v) is 4.14. The monoisotopic (exact) mass is 433 g/mol. The topological polar surface area (TPSA) is 72.5 Å². The largest absolute Gasteiger partial charge is 0.485 e. The lowest BCUT2D eigenvalue weighted by molar-refractivity contribution is -0.117. The highest BCUT2D eigenvalue weighted by Crippen LogP contribution is 2.37. The number of ether oxygens (including phenoxy) is 2. The molecule has 32 heavy (non-hydrogen) atoms. The molecule has 2 atom stereocenters. The van der Waals surface area contributed by atoms with Crippen molar-refractivity contribution in [1.82, 2.24) is 10.3 Å². The molecule has 2 aliphatic rings. The molecule has 2 N–H and O–H groups in total. The Balaban J connectivity index is 1.22. The van der Waals surface area contributed by atoms with E-state index in [4.69, 9.17) is 9.47 Å². The molecule has 3 heterocycles. The fourth-order valence-electron chi connectivity index (χ4n) is 4.14. The van der Waals surface area contributed by atoms with Crippen molar-refractivity contribution in [2.45, 2.75) is 37.8 Å². The van der Waals surface area contributed by atoms with Crippen LogP contribution >= 0.6 is 0 Å². The molecular formula is C25H24FN3O3. The van der Waals surface area contributed by atoms with Crippen molar-refractivity contribution in [3.05, 3.63) is 77.7 Å². The normalized spacial score (nSPS) is 19.7. The van der Waals surface area contributed by atoms with Crippen LogP contribution in [0.5, 0.6) is 17.4 Å². The summed E-state index contributed by atoms with van der Waals surface area (Å²) in [6, 6.07) is 15.6. The standard InChI is InChI=1S/C25H24FN3O3/c26-18-4-1-3-16(13-18)22-9-6-17-14-20(8-10-23(17)32-22)31-24-11-7-19(15-28-24)29-25(30)21-5-2-12-27-21/h1,3-4,7-8,10-11,13-15,21-22,27H,2,5-6,9,12H2,(H,29,30)/t21-,22?/m0/s1. The molecule has 0 aliphatic carbocycles. The van der Waals surface area contributed by atoms with Crippen LogP contribution < -0.4 is 20.1 Å². The number of aryl methyl sites for hydroxylation is 1. The number of anilines is 1. The summed E-state index contributed by atoms with van der Waals surface area (Å²) in [6.45, 7) is 0.875. The first-order valence-electron chi connectivity index (χ1n) is 10.9. The minimum atomic E-state index is -0.256. The predicted octanol–water partition coefficient (Wildman–Crippen LogP) is 4.77. The lowest BCUT2D eigenvalue weighted by Gasteiger charge is -2.26. The summed E-state index contributed by atoms with van der Waals surface area (Å²) < 4.78 is 25.5. The van der Waals surface area contributed by atoms with Gasteiger partial charge in [0.15, 0.2) is 0 Å². The third-order valence-electron chi connectivity index (χ3n) is 5.80. The predicted molar refractivity (Wildman–Crippen MR) is 118 cm³/mol. The van der Waals surface area contributed by atoms with Gasteiger partial charge in [-0.2, -0.15) is 0 Å². The van der Waals surface area contributed by atoms with Crippen molar-refractivity contribution in [2.75, 3.05) is 11.9 Å². The van der Waals surface area contributed by atoms with Gasteiger partial charge in [-0.25, -0.2) is 9.37 Å². The molecule has 7 heteroatoms. The van der Waals surface area contributed by atoms with Crippen LogP contribution in [0, 0.1) is 5.82 Å². The molecule has 0 bridgehead atoms. The average Bonchev–Trinajstić information content (AvgIpc) is 3.35. The quantitative estimate of drug-likeness (QED) is 0.607. The lowest BCUT2D eigenvalue weighted by atomic mass is 9.97. The Morgan fingerprint density at radius 1 is 1.16 bits per heavy atom. The van der Waals surface area contributed by atoms with Crippen molar-refractivity contribution in [1.29, 1.82) is 0 Å². The molecule has 6 nitrogen and oxygen atoms in total. The van der Waals surface area contributed by atoms with Crippen LogP contribution in [-0.4, -0.2) is 23.5 Å². The van der Waals surface area contributed by atoms with E-state index in [1.165, 1.54) is 12.1 Å². The Morgan fingerprint density at radius 2 is 2.09 bits per heavy atom. The number of halogens is 1. The Kier molecular flexibility index (Phi) is 5.73. The number of pyridine rings is 1. The summed E-state index contributed by atoms with van der Waals surface area (Å²) in [5.41, 5.74) is 2.53. The minimum Gasteiger partial charge on any atom is -0.485 e. The summed E-state index contributed by atoms with van der Waals surface area (Å²) >= 11 is 0. The van der Waals surface area contributed by atoms with Crippen LogP contribution in [0.25, 0.3) is 0 Å². The van der Waals surface area contributed by atoms with E-state index in [1.807, 2.05) is 24.3 Å². The number of hydrogen-bond donors (Lipinski definition) is 2. The van der Waals surface area contributed by atoms with Gasteiger partial charge in [0.1, 0.15) is 23.4 Å². The molecule has 2 aliphatic heterocycles. The van der Waals surface area contributed by atoms with Crippen LogP contribution in [0.3, 0.4) is 0 Å². The Morgan fingerprint density at radius 3 is 2.88 bits per heavy atom. The number of benzene rings is 2. The third-order valence-corrected chi connectivity index (χ3v) is 5.80. The number of fused-ring (bicyclic) bond motifs is 1. The first-order chi connectivity index (χ1) is 15.6. The Bertz CT molecular complexity index is 1110. The van der Waals surface area contributed by atoms with E-state index in [2.05, 4.69) is 15.6 Å². The van der Waals surface area contributed by atoms with Gasteiger partial charge in [-0.3, -0.25) is 4.79 Å². The van der Waals surface area contributed by atoms with Gasteiger partial charge in [0.05, 0.1) is 17.9 Å². The smallest absolute Gasteiger partial charge is 0.241 e. The zero-order valence-corrected chi connectivity index (χ0v) is 17.5. The zero-order valence-electron chi connectivity index (χ0n) is 17.5. The van der Waals surface area contributed by atoms with Gasteiger partial charge < -0.3 is 20.1 Å². The molecule has 1 unspecified atom stereocenters. The van der Waals surface area contributed by atoms with Gasteiger partial charge in [0.2, 0.25) is 11.8 Å². The number of aromatic nitrogens is 1. The van der Waals surface area contributed by atoms with E-state index in [0.717, 1.165) is 49.1 Å². The molecule has 0 saturated carbocycles. The average molecular weight is 433 g/mol. The number of rotatable bonds is 5. The Labute approximate surface area is 185 Å². The second-order valence-corrected chi connectivity index (χ2v) is 8.10. The molecule has 2 aromatic carbocycles. The van der Waals surface area contributed by atoms with Crippen molar-refractivity contribution in [2.24, 2.45) is 0 Å². The van der Waals surface area contributed by atoms with Gasteiger partial charge in [-0.1, -0.05) is 12.1 Å². The molecule has 1 amide bonds. The van der Waals surface area contributed by atoms with Gasteiger partial charge in [-0.05, 0) is 79.8 Å². The van der Waals surface area contributed by atoms with E-state index >= 15 is 0 Å². The van der Waals surface area contributed by atoms with Crippen LogP contribution in [-0.2, 0) is 11.2 Å².